The Balaban J connectivity index is 2.09. The summed E-state index contributed by atoms with van der Waals surface area (Å²) in [5.41, 5.74) is 0. The van der Waals surface area contributed by atoms with Crippen LogP contribution in [0.3, 0.4) is 0 Å². The van der Waals surface area contributed by atoms with E-state index in [1.807, 2.05) is 27.8 Å². The molecule has 0 aliphatic rings. The van der Waals surface area contributed by atoms with Crippen LogP contribution < -0.4 is 0 Å². The first-order chi connectivity index (χ1) is 8.66. The van der Waals surface area contributed by atoms with Crippen LogP contribution in [0, 0.1) is 0 Å². The highest BCUT2D eigenvalue weighted by Crippen LogP contribution is 2.17. The summed E-state index contributed by atoms with van der Waals surface area (Å²) in [7, 11) is 3.58. The van der Waals surface area contributed by atoms with Crippen LogP contribution in [0.5, 0.6) is 0 Å². The molecular weight excluding hydrogens is 264 g/mol. The summed E-state index contributed by atoms with van der Waals surface area (Å²) in [6.07, 6.45) is 0. The molecule has 96 valence electrons. The molecule has 0 spiro atoms. The maximum atomic E-state index is 12.2. The van der Waals surface area contributed by atoms with Crippen molar-refractivity contribution in [3.8, 4) is 0 Å². The number of hydrogen-bond acceptors (Lipinski definition) is 3. The monoisotopic (exact) mass is 280 g/mol. The van der Waals surface area contributed by atoms with Crippen molar-refractivity contribution in [1.82, 2.24) is 9.80 Å². The smallest absolute Gasteiger partial charge is 0.320 e. The molecule has 0 N–H and O–H groups in total. The highest BCUT2D eigenvalue weighted by Gasteiger charge is 2.17. The minimum Gasteiger partial charge on any atom is -0.331 e. The molecule has 2 heterocycles. The van der Waals surface area contributed by atoms with Crippen LogP contribution in [0.1, 0.15) is 9.75 Å². The van der Waals surface area contributed by atoms with E-state index < -0.39 is 0 Å². The SMILES string of the molecule is CN(C)C(=O)N(Cc1cccs1)Cc1cccs1. The topological polar surface area (TPSA) is 23.6 Å². The van der Waals surface area contributed by atoms with Crippen molar-refractivity contribution in [2.75, 3.05) is 14.1 Å². The lowest BCUT2D eigenvalue weighted by molar-refractivity contribution is 0.166. The van der Waals surface area contributed by atoms with Crippen LogP contribution >= 0.6 is 22.7 Å². The van der Waals surface area contributed by atoms with E-state index in [0.717, 1.165) is 0 Å². The molecule has 0 bridgehead atoms. The van der Waals surface area contributed by atoms with E-state index in [2.05, 4.69) is 12.1 Å². The summed E-state index contributed by atoms with van der Waals surface area (Å²) in [5, 5.41) is 4.08. The second kappa shape index (κ2) is 6.02. The van der Waals surface area contributed by atoms with Gasteiger partial charge in [0.2, 0.25) is 0 Å². The van der Waals surface area contributed by atoms with Gasteiger partial charge in [0.15, 0.2) is 0 Å². The quantitative estimate of drug-likeness (QED) is 0.841. The Kier molecular flexibility index (Phi) is 4.38. The number of rotatable bonds is 4. The Labute approximate surface area is 115 Å². The maximum Gasteiger partial charge on any atom is 0.320 e. The van der Waals surface area contributed by atoms with E-state index in [4.69, 9.17) is 0 Å². The van der Waals surface area contributed by atoms with Gasteiger partial charge >= 0.3 is 6.03 Å². The lowest BCUT2D eigenvalue weighted by Gasteiger charge is -2.25. The number of urea groups is 1. The molecule has 0 fully saturated rings. The number of nitrogens with zero attached hydrogens (tertiary/aromatic N) is 2. The number of carbonyl (C=O) groups is 1. The Morgan fingerprint density at radius 1 is 1.06 bits per heavy atom. The highest BCUT2D eigenvalue weighted by molar-refractivity contribution is 7.10. The van der Waals surface area contributed by atoms with Gasteiger partial charge in [-0.1, -0.05) is 12.1 Å². The predicted molar refractivity (Wildman–Crippen MR) is 77.0 cm³/mol. The van der Waals surface area contributed by atoms with Crippen LogP contribution in [0.4, 0.5) is 4.79 Å². The molecule has 18 heavy (non-hydrogen) atoms. The van der Waals surface area contributed by atoms with Crippen molar-refractivity contribution in [3.05, 3.63) is 44.8 Å². The molecule has 0 aliphatic heterocycles. The minimum atomic E-state index is 0.0526. The normalized spacial score (nSPS) is 10.3. The van der Waals surface area contributed by atoms with Gasteiger partial charge in [-0.15, -0.1) is 22.7 Å². The van der Waals surface area contributed by atoms with E-state index in [0.29, 0.717) is 13.1 Å². The first-order valence-electron chi connectivity index (χ1n) is 5.68. The van der Waals surface area contributed by atoms with Crippen molar-refractivity contribution in [2.45, 2.75) is 13.1 Å². The van der Waals surface area contributed by atoms with Crippen molar-refractivity contribution in [3.63, 3.8) is 0 Å². The van der Waals surface area contributed by atoms with Crippen molar-refractivity contribution < 1.29 is 4.79 Å². The molecule has 0 aromatic carbocycles. The van der Waals surface area contributed by atoms with E-state index in [1.54, 1.807) is 41.7 Å². The summed E-state index contributed by atoms with van der Waals surface area (Å²) >= 11 is 3.37. The molecule has 0 unspecified atom stereocenters. The van der Waals surface area contributed by atoms with Crippen molar-refractivity contribution >= 4 is 28.7 Å². The molecule has 2 aromatic rings. The first-order valence-corrected chi connectivity index (χ1v) is 7.43. The lowest BCUT2D eigenvalue weighted by Crippen LogP contribution is -2.37. The average Bonchev–Trinajstić information content (AvgIpc) is 2.99. The largest absolute Gasteiger partial charge is 0.331 e. The van der Waals surface area contributed by atoms with Crippen LogP contribution in [-0.4, -0.2) is 29.9 Å². The second-order valence-electron chi connectivity index (χ2n) is 4.19. The Morgan fingerprint density at radius 2 is 1.56 bits per heavy atom. The minimum absolute atomic E-state index is 0.0526. The Bertz CT molecular complexity index is 441. The lowest BCUT2D eigenvalue weighted by atomic mass is 10.4. The number of amides is 2. The second-order valence-corrected chi connectivity index (χ2v) is 6.26. The molecule has 0 saturated heterocycles. The number of carbonyl (C=O) groups excluding carboxylic acids is 1. The van der Waals surface area contributed by atoms with Gasteiger partial charge in [0, 0.05) is 23.8 Å². The van der Waals surface area contributed by atoms with E-state index in [1.165, 1.54) is 9.75 Å². The zero-order chi connectivity index (χ0) is 13.0. The van der Waals surface area contributed by atoms with Gasteiger partial charge in [-0.25, -0.2) is 4.79 Å². The van der Waals surface area contributed by atoms with E-state index >= 15 is 0 Å². The average molecular weight is 280 g/mol. The zero-order valence-electron chi connectivity index (χ0n) is 10.5. The predicted octanol–water partition coefficient (Wildman–Crippen LogP) is 3.49. The van der Waals surface area contributed by atoms with Crippen LogP contribution in [0.15, 0.2) is 35.0 Å². The summed E-state index contributed by atoms with van der Waals surface area (Å²) < 4.78 is 0. The molecule has 0 saturated carbocycles. The molecule has 0 aliphatic carbocycles. The number of thiophene rings is 2. The van der Waals surface area contributed by atoms with Gasteiger partial charge in [0.05, 0.1) is 13.1 Å². The van der Waals surface area contributed by atoms with Gasteiger partial charge in [-0.05, 0) is 22.9 Å². The third kappa shape index (κ3) is 3.34. The Hall–Kier alpha value is -1.33. The van der Waals surface area contributed by atoms with Gasteiger partial charge < -0.3 is 9.80 Å². The maximum absolute atomic E-state index is 12.2. The summed E-state index contributed by atoms with van der Waals surface area (Å²) in [6, 6.07) is 8.22. The van der Waals surface area contributed by atoms with Crippen LogP contribution in [0.25, 0.3) is 0 Å². The van der Waals surface area contributed by atoms with E-state index in [9.17, 15) is 4.79 Å². The first kappa shape index (κ1) is 13.1. The van der Waals surface area contributed by atoms with Crippen LogP contribution in [-0.2, 0) is 13.1 Å². The summed E-state index contributed by atoms with van der Waals surface area (Å²) in [6.45, 7) is 1.35. The highest BCUT2D eigenvalue weighted by atomic mass is 32.1. The van der Waals surface area contributed by atoms with Gasteiger partial charge in [-0.2, -0.15) is 0 Å². The molecule has 0 atom stereocenters. The standard InChI is InChI=1S/C13H16N2OS2/c1-14(2)13(16)15(9-11-5-3-7-17-11)10-12-6-4-8-18-12/h3-8H,9-10H2,1-2H3. The molecule has 2 rings (SSSR count). The molecule has 2 aromatic heterocycles. The van der Waals surface area contributed by atoms with E-state index in [-0.39, 0.29) is 6.03 Å². The van der Waals surface area contributed by atoms with Crippen LogP contribution in [0.2, 0.25) is 0 Å². The third-order valence-electron chi connectivity index (χ3n) is 2.51. The fourth-order valence-electron chi connectivity index (χ4n) is 1.66. The Morgan fingerprint density at radius 3 is 1.89 bits per heavy atom. The van der Waals surface area contributed by atoms with Crippen molar-refractivity contribution in [1.29, 1.82) is 0 Å². The van der Waals surface area contributed by atoms with Gasteiger partial charge in [0.1, 0.15) is 0 Å². The molecule has 2 amide bonds. The van der Waals surface area contributed by atoms with Crippen molar-refractivity contribution in [2.24, 2.45) is 0 Å². The fourth-order valence-corrected chi connectivity index (χ4v) is 3.09. The molecular formula is C13H16N2OS2. The number of hydrogen-bond donors (Lipinski definition) is 0. The fraction of sp³-hybridized carbons (Fsp3) is 0.308. The zero-order valence-corrected chi connectivity index (χ0v) is 12.1. The molecule has 0 radical (unpaired) electrons. The molecule has 3 nitrogen and oxygen atoms in total. The summed E-state index contributed by atoms with van der Waals surface area (Å²) in [5.74, 6) is 0. The van der Waals surface area contributed by atoms with Gasteiger partial charge in [-0.3, -0.25) is 0 Å². The molecule has 5 heteroatoms. The van der Waals surface area contributed by atoms with Gasteiger partial charge in [0.25, 0.3) is 0 Å². The summed E-state index contributed by atoms with van der Waals surface area (Å²) in [4.78, 5) is 18.1. The third-order valence-corrected chi connectivity index (χ3v) is 4.23.